The third kappa shape index (κ3) is 13.5. The molecule has 0 fully saturated rings. The SMILES string of the molecule is CC(C)Cc1ccc(-c2ccc(C(C)C3NC(=O)C(Cc4ccc(C(F)(F)F)cc4)NC(=O)COc4ccc(cc4)CC(C(=O)O)NC(=O)C(CCc4ccccc4)NC3=O)cc2)cc1. The maximum absolute atomic E-state index is 14.7. The lowest BCUT2D eigenvalue weighted by Crippen LogP contribution is -2.59. The molecule has 0 saturated heterocycles. The van der Waals surface area contributed by atoms with Crippen LogP contribution >= 0.6 is 0 Å². The highest BCUT2D eigenvalue weighted by molar-refractivity contribution is 5.96. The van der Waals surface area contributed by atoms with Crippen molar-refractivity contribution in [1.82, 2.24) is 21.3 Å². The predicted molar refractivity (Wildman–Crippen MR) is 240 cm³/mol. The third-order valence-corrected chi connectivity index (χ3v) is 11.4. The number of carboxylic acids is 1. The number of ether oxygens (including phenoxy) is 1. The number of rotatable bonds is 11. The van der Waals surface area contributed by atoms with Crippen molar-refractivity contribution in [3.63, 3.8) is 0 Å². The van der Waals surface area contributed by atoms with Gasteiger partial charge < -0.3 is 31.1 Å². The number of benzene rings is 5. The van der Waals surface area contributed by atoms with Crippen molar-refractivity contribution in [2.45, 2.75) is 89.1 Å². The number of aliphatic carboxylic acids is 1. The molecular formula is C51H53F3N4O7. The van der Waals surface area contributed by atoms with E-state index in [4.69, 9.17) is 4.74 Å². The molecule has 2 bridgehead atoms. The molecule has 0 aliphatic carbocycles. The van der Waals surface area contributed by atoms with Crippen molar-refractivity contribution in [1.29, 1.82) is 0 Å². The molecule has 5 aromatic rings. The monoisotopic (exact) mass is 890 g/mol. The fourth-order valence-electron chi connectivity index (χ4n) is 7.72. The van der Waals surface area contributed by atoms with Gasteiger partial charge in [-0.05, 0) is 88.4 Å². The van der Waals surface area contributed by atoms with E-state index in [1.165, 1.54) is 29.8 Å². The first-order valence-electron chi connectivity index (χ1n) is 21.6. The predicted octanol–water partition coefficient (Wildman–Crippen LogP) is 7.21. The molecular weight excluding hydrogens is 838 g/mol. The number of alkyl halides is 3. The van der Waals surface area contributed by atoms with Crippen LogP contribution in [0.5, 0.6) is 5.75 Å². The van der Waals surface area contributed by atoms with Gasteiger partial charge in [0.25, 0.3) is 5.91 Å². The molecule has 2 heterocycles. The summed E-state index contributed by atoms with van der Waals surface area (Å²) in [6.45, 7) is 5.48. The first kappa shape index (κ1) is 47.5. The molecule has 5 unspecified atom stereocenters. The minimum atomic E-state index is -4.60. The second-order valence-electron chi connectivity index (χ2n) is 16.8. The zero-order valence-electron chi connectivity index (χ0n) is 36.4. The molecule has 5 N–H and O–H groups in total. The molecule has 11 nitrogen and oxygen atoms in total. The summed E-state index contributed by atoms with van der Waals surface area (Å²) < 4.78 is 46.0. The van der Waals surface area contributed by atoms with Crippen LogP contribution in [-0.2, 0) is 55.8 Å². The standard InChI is InChI=1S/C51H53F3N4O7/c1-31(2)27-34-9-16-38(17-10-34)39-20-18-37(19-21-39)32(3)46-49(62)56-42(26-15-33-7-5-4-6-8-33)47(60)57-44(50(63)64)29-36-13-24-41(25-14-36)65-30-45(59)55-43(48(61)58-46)28-35-11-22-40(23-12-35)51(52,53)54/h4-14,16-25,31-32,42-44,46H,15,26-30H2,1-3H3,(H,55,59)(H,56,62)(H,57,60)(H,58,61)(H,63,64). The Morgan fingerprint density at radius 2 is 1.28 bits per heavy atom. The number of aryl methyl sites for hydroxylation is 1. The number of amides is 4. The van der Waals surface area contributed by atoms with Gasteiger partial charge in [0.2, 0.25) is 17.7 Å². The molecule has 5 aromatic carbocycles. The van der Waals surface area contributed by atoms with Crippen molar-refractivity contribution in [3.8, 4) is 16.9 Å². The fraction of sp³-hybridized carbons (Fsp3) is 0.314. The van der Waals surface area contributed by atoms with Gasteiger partial charge in [0.1, 0.15) is 29.9 Å². The van der Waals surface area contributed by atoms with Gasteiger partial charge in [-0.15, -0.1) is 0 Å². The molecule has 340 valence electrons. The van der Waals surface area contributed by atoms with E-state index in [2.05, 4.69) is 47.2 Å². The minimum Gasteiger partial charge on any atom is -0.484 e. The van der Waals surface area contributed by atoms with E-state index in [0.29, 0.717) is 29.0 Å². The van der Waals surface area contributed by atoms with Crippen LogP contribution < -0.4 is 26.0 Å². The number of hydrogen-bond acceptors (Lipinski definition) is 6. The maximum atomic E-state index is 14.7. The highest BCUT2D eigenvalue weighted by atomic mass is 19.4. The van der Waals surface area contributed by atoms with Gasteiger partial charge in [-0.3, -0.25) is 19.2 Å². The summed E-state index contributed by atoms with van der Waals surface area (Å²) in [6, 6.07) is 29.9. The lowest BCUT2D eigenvalue weighted by molar-refractivity contribution is -0.142. The zero-order valence-corrected chi connectivity index (χ0v) is 36.4. The largest absolute Gasteiger partial charge is 0.484 e. The average Bonchev–Trinajstić information content (AvgIpc) is 3.28. The van der Waals surface area contributed by atoms with Crippen molar-refractivity contribution in [3.05, 3.63) is 161 Å². The molecule has 5 atom stereocenters. The second-order valence-corrected chi connectivity index (χ2v) is 16.8. The molecule has 0 saturated carbocycles. The van der Waals surface area contributed by atoms with Crippen LogP contribution in [0.4, 0.5) is 13.2 Å². The number of halogens is 3. The van der Waals surface area contributed by atoms with E-state index in [0.717, 1.165) is 35.2 Å². The molecule has 2 aliphatic heterocycles. The summed E-state index contributed by atoms with van der Waals surface area (Å²) in [5.41, 5.74) is 4.53. The molecule has 2 aliphatic rings. The number of carboxylic acid groups (broad SMARTS) is 1. The normalized spacial score (nSPS) is 19.4. The molecule has 65 heavy (non-hydrogen) atoms. The van der Waals surface area contributed by atoms with E-state index in [9.17, 15) is 42.3 Å². The highest BCUT2D eigenvalue weighted by Gasteiger charge is 2.35. The summed E-state index contributed by atoms with van der Waals surface area (Å²) in [6.07, 6.45) is -3.64. The Morgan fingerprint density at radius 3 is 1.88 bits per heavy atom. The Labute approximate surface area is 376 Å². The summed E-state index contributed by atoms with van der Waals surface area (Å²) >= 11 is 0. The summed E-state index contributed by atoms with van der Waals surface area (Å²) in [4.78, 5) is 69.2. The van der Waals surface area contributed by atoms with Crippen LogP contribution in [0.3, 0.4) is 0 Å². The van der Waals surface area contributed by atoms with Gasteiger partial charge in [0.05, 0.1) is 5.56 Å². The minimum absolute atomic E-state index is 0.0618. The quantitative estimate of drug-likeness (QED) is 0.0876. The van der Waals surface area contributed by atoms with Crippen molar-refractivity contribution in [2.75, 3.05) is 6.61 Å². The van der Waals surface area contributed by atoms with E-state index in [1.807, 2.05) is 66.7 Å². The topological polar surface area (TPSA) is 163 Å². The van der Waals surface area contributed by atoms with Gasteiger partial charge in [-0.25, -0.2) is 4.79 Å². The summed E-state index contributed by atoms with van der Waals surface area (Å²) in [5, 5.41) is 21.0. The number of hydrogen-bond donors (Lipinski definition) is 5. The van der Waals surface area contributed by atoms with E-state index in [1.54, 1.807) is 19.1 Å². The fourth-order valence-corrected chi connectivity index (χ4v) is 7.72. The first-order chi connectivity index (χ1) is 31.0. The summed E-state index contributed by atoms with van der Waals surface area (Å²) in [7, 11) is 0. The Balaban J connectivity index is 1.36. The zero-order chi connectivity index (χ0) is 46.7. The van der Waals surface area contributed by atoms with Gasteiger partial charge in [0, 0.05) is 18.8 Å². The molecule has 0 radical (unpaired) electrons. The van der Waals surface area contributed by atoms with E-state index < -0.39 is 78.0 Å². The molecule has 7 rings (SSSR count). The molecule has 0 aromatic heterocycles. The number of fused-ring (bicyclic) bond motifs is 16. The second kappa shape index (κ2) is 21.6. The van der Waals surface area contributed by atoms with Crippen LogP contribution in [-0.4, -0.2) is 65.5 Å². The van der Waals surface area contributed by atoms with E-state index >= 15 is 0 Å². The highest BCUT2D eigenvalue weighted by Crippen LogP contribution is 2.30. The van der Waals surface area contributed by atoms with Gasteiger partial charge in [0.15, 0.2) is 6.61 Å². The smallest absolute Gasteiger partial charge is 0.416 e. The third-order valence-electron chi connectivity index (χ3n) is 11.4. The molecule has 0 spiro atoms. The van der Waals surface area contributed by atoms with Crippen LogP contribution in [0.15, 0.2) is 127 Å². The Kier molecular flexibility index (Phi) is 15.8. The molecule has 4 amide bonds. The van der Waals surface area contributed by atoms with Crippen LogP contribution in [0.25, 0.3) is 11.1 Å². The van der Waals surface area contributed by atoms with Crippen LogP contribution in [0, 0.1) is 5.92 Å². The maximum Gasteiger partial charge on any atom is 0.416 e. The Hall–Kier alpha value is -6.96. The number of carbonyl (C=O) groups is 5. The molecule has 14 heteroatoms. The lowest BCUT2D eigenvalue weighted by atomic mass is 9.90. The first-order valence-corrected chi connectivity index (χ1v) is 21.6. The Bertz CT molecular complexity index is 2410. The van der Waals surface area contributed by atoms with Crippen molar-refractivity contribution >= 4 is 29.6 Å². The summed E-state index contributed by atoms with van der Waals surface area (Å²) in [5.74, 6) is -4.40. The van der Waals surface area contributed by atoms with Crippen LogP contribution in [0.2, 0.25) is 0 Å². The van der Waals surface area contributed by atoms with Crippen LogP contribution in [0.1, 0.15) is 66.5 Å². The number of nitrogens with one attached hydrogen (secondary N) is 4. The van der Waals surface area contributed by atoms with E-state index in [-0.39, 0.29) is 25.0 Å². The average molecular weight is 891 g/mol. The van der Waals surface area contributed by atoms with Crippen molar-refractivity contribution < 1.29 is 47.0 Å². The lowest BCUT2D eigenvalue weighted by Gasteiger charge is -2.29. The van der Waals surface area contributed by atoms with Gasteiger partial charge >= 0.3 is 12.1 Å². The Morgan fingerprint density at radius 1 is 0.677 bits per heavy atom. The van der Waals surface area contributed by atoms with Gasteiger partial charge in [-0.1, -0.05) is 124 Å². The van der Waals surface area contributed by atoms with Gasteiger partial charge in [-0.2, -0.15) is 13.2 Å². The number of carbonyl (C=O) groups excluding carboxylic acids is 4. The van der Waals surface area contributed by atoms with Crippen molar-refractivity contribution in [2.24, 2.45) is 5.92 Å².